The third kappa shape index (κ3) is 4.07. The van der Waals surface area contributed by atoms with Crippen molar-refractivity contribution in [3.63, 3.8) is 0 Å². The summed E-state index contributed by atoms with van der Waals surface area (Å²) in [4.78, 5) is 13.7. The summed E-state index contributed by atoms with van der Waals surface area (Å²) in [6.07, 6.45) is 1.09. The summed E-state index contributed by atoms with van der Waals surface area (Å²) in [5.41, 5.74) is 1.72. The zero-order chi connectivity index (χ0) is 12.7. The zero-order valence-corrected chi connectivity index (χ0v) is 10.4. The van der Waals surface area contributed by atoms with Crippen molar-refractivity contribution in [2.24, 2.45) is 0 Å². The first-order chi connectivity index (χ1) is 8.19. The first kappa shape index (κ1) is 13.5. The number of aliphatic hydroxyl groups is 1. The second-order valence-corrected chi connectivity index (χ2v) is 3.95. The molecule has 0 aliphatic heterocycles. The number of benzene rings is 1. The second-order valence-electron chi connectivity index (χ2n) is 3.95. The zero-order valence-electron chi connectivity index (χ0n) is 10.4. The molecule has 4 nitrogen and oxygen atoms in total. The molecule has 0 bridgehead atoms. The molecular weight excluding hydrogens is 216 g/mol. The van der Waals surface area contributed by atoms with E-state index in [0.29, 0.717) is 5.56 Å². The Hall–Kier alpha value is -1.55. The van der Waals surface area contributed by atoms with Crippen LogP contribution >= 0.6 is 0 Å². The lowest BCUT2D eigenvalue weighted by Crippen LogP contribution is -2.26. The summed E-state index contributed by atoms with van der Waals surface area (Å²) in [5, 5.41) is 11.2. The molecule has 17 heavy (non-hydrogen) atoms. The number of carbonyl (C=O) groups is 1. The number of aliphatic hydroxyl groups excluding tert-OH is 1. The summed E-state index contributed by atoms with van der Waals surface area (Å²) in [6, 6.07) is 7.47. The van der Waals surface area contributed by atoms with E-state index < -0.39 is 0 Å². The fourth-order valence-electron chi connectivity index (χ4n) is 1.60. The smallest absolute Gasteiger partial charge is 0.251 e. The molecule has 1 aromatic rings. The number of rotatable bonds is 6. The average molecular weight is 236 g/mol. The first-order valence-corrected chi connectivity index (χ1v) is 5.89. The fraction of sp³-hybridized carbons (Fsp3) is 0.462. The molecule has 0 saturated carbocycles. The normalized spacial score (nSPS) is 10.1. The maximum atomic E-state index is 11.6. The Morgan fingerprint density at radius 1 is 1.35 bits per heavy atom. The quantitative estimate of drug-likeness (QED) is 0.781. The summed E-state index contributed by atoms with van der Waals surface area (Å²) in [7, 11) is 2.03. The minimum absolute atomic E-state index is 0.0386. The van der Waals surface area contributed by atoms with Gasteiger partial charge >= 0.3 is 0 Å². The molecule has 94 valence electrons. The topological polar surface area (TPSA) is 52.6 Å². The molecule has 4 heteroatoms. The molecule has 2 N–H and O–H groups in total. The van der Waals surface area contributed by atoms with E-state index in [9.17, 15) is 4.79 Å². The van der Waals surface area contributed by atoms with E-state index in [1.54, 1.807) is 12.1 Å². The van der Waals surface area contributed by atoms with Crippen molar-refractivity contribution in [1.82, 2.24) is 5.32 Å². The maximum Gasteiger partial charge on any atom is 0.251 e. The number of amides is 1. The van der Waals surface area contributed by atoms with Crippen molar-refractivity contribution in [2.75, 3.05) is 31.6 Å². The number of nitrogens with one attached hydrogen (secondary N) is 1. The number of hydrogen-bond acceptors (Lipinski definition) is 3. The summed E-state index contributed by atoms with van der Waals surface area (Å²) in [6.45, 7) is 3.38. The lowest BCUT2D eigenvalue weighted by molar-refractivity contribution is 0.0945. The molecular formula is C13H20N2O2. The molecule has 1 aromatic carbocycles. The highest BCUT2D eigenvalue weighted by molar-refractivity contribution is 5.94. The highest BCUT2D eigenvalue weighted by Gasteiger charge is 2.05. The van der Waals surface area contributed by atoms with Gasteiger partial charge in [0.05, 0.1) is 6.61 Å². The van der Waals surface area contributed by atoms with E-state index in [1.807, 2.05) is 19.2 Å². The fourth-order valence-corrected chi connectivity index (χ4v) is 1.60. The van der Waals surface area contributed by atoms with Crippen LogP contribution in [-0.2, 0) is 0 Å². The third-order valence-corrected chi connectivity index (χ3v) is 2.53. The van der Waals surface area contributed by atoms with E-state index in [1.165, 1.54) is 0 Å². The molecule has 0 heterocycles. The summed E-state index contributed by atoms with van der Waals surface area (Å²) >= 11 is 0. The number of hydrogen-bond donors (Lipinski definition) is 2. The van der Waals surface area contributed by atoms with Crippen molar-refractivity contribution in [2.45, 2.75) is 13.3 Å². The van der Waals surface area contributed by atoms with Gasteiger partial charge in [0, 0.05) is 31.4 Å². The van der Waals surface area contributed by atoms with Gasteiger partial charge in [-0.2, -0.15) is 0 Å². The molecule has 0 atom stereocenters. The predicted octanol–water partition coefficient (Wildman–Crippen LogP) is 1.25. The van der Waals surface area contributed by atoms with Crippen molar-refractivity contribution in [1.29, 1.82) is 0 Å². The SMILES string of the molecule is CCCN(C)c1ccc(C(=O)NCCO)cc1. The highest BCUT2D eigenvalue weighted by atomic mass is 16.3. The molecule has 0 saturated heterocycles. The monoisotopic (exact) mass is 236 g/mol. The van der Waals surface area contributed by atoms with Crippen LogP contribution < -0.4 is 10.2 Å². The molecule has 0 aliphatic rings. The van der Waals surface area contributed by atoms with Gasteiger partial charge in [-0.15, -0.1) is 0 Å². The molecule has 1 amide bonds. The molecule has 0 fully saturated rings. The number of anilines is 1. The van der Waals surface area contributed by atoms with Crippen LogP contribution in [0.5, 0.6) is 0 Å². The Bertz CT molecular complexity index is 349. The standard InChI is InChI=1S/C13H20N2O2/c1-3-9-15(2)12-6-4-11(5-7-12)13(17)14-8-10-16/h4-7,16H,3,8-10H2,1-2H3,(H,14,17). The van der Waals surface area contributed by atoms with Crippen LogP contribution in [-0.4, -0.2) is 37.8 Å². The van der Waals surface area contributed by atoms with Crippen LogP contribution in [0, 0.1) is 0 Å². The lowest BCUT2D eigenvalue weighted by Gasteiger charge is -2.18. The van der Waals surface area contributed by atoms with Crippen LogP contribution in [0.15, 0.2) is 24.3 Å². The predicted molar refractivity (Wildman–Crippen MR) is 69.4 cm³/mol. The Morgan fingerprint density at radius 2 is 2.00 bits per heavy atom. The van der Waals surface area contributed by atoms with Crippen LogP contribution in [0.4, 0.5) is 5.69 Å². The van der Waals surface area contributed by atoms with Gasteiger partial charge in [0.1, 0.15) is 0 Å². The highest BCUT2D eigenvalue weighted by Crippen LogP contribution is 2.13. The Morgan fingerprint density at radius 3 is 2.53 bits per heavy atom. The van der Waals surface area contributed by atoms with Gasteiger partial charge in [0.2, 0.25) is 0 Å². The van der Waals surface area contributed by atoms with E-state index in [2.05, 4.69) is 17.1 Å². The van der Waals surface area contributed by atoms with Gasteiger partial charge in [-0.25, -0.2) is 0 Å². The second kappa shape index (κ2) is 6.91. The summed E-state index contributed by atoms with van der Waals surface area (Å²) < 4.78 is 0. The van der Waals surface area contributed by atoms with E-state index in [4.69, 9.17) is 5.11 Å². The van der Waals surface area contributed by atoms with Crippen molar-refractivity contribution in [3.8, 4) is 0 Å². The molecule has 0 aromatic heterocycles. The first-order valence-electron chi connectivity index (χ1n) is 5.89. The maximum absolute atomic E-state index is 11.6. The van der Waals surface area contributed by atoms with Gasteiger partial charge in [0.15, 0.2) is 0 Å². The van der Waals surface area contributed by atoms with Crippen LogP contribution in [0.25, 0.3) is 0 Å². The van der Waals surface area contributed by atoms with Gasteiger partial charge in [0.25, 0.3) is 5.91 Å². The number of nitrogens with zero attached hydrogens (tertiary/aromatic N) is 1. The van der Waals surface area contributed by atoms with Crippen molar-refractivity contribution >= 4 is 11.6 Å². The Labute approximate surface area is 102 Å². The van der Waals surface area contributed by atoms with E-state index in [-0.39, 0.29) is 19.1 Å². The largest absolute Gasteiger partial charge is 0.395 e. The van der Waals surface area contributed by atoms with E-state index in [0.717, 1.165) is 18.7 Å². The molecule has 0 radical (unpaired) electrons. The van der Waals surface area contributed by atoms with Crippen LogP contribution in [0.2, 0.25) is 0 Å². The van der Waals surface area contributed by atoms with Gasteiger partial charge < -0.3 is 15.3 Å². The van der Waals surface area contributed by atoms with Gasteiger partial charge in [-0.3, -0.25) is 4.79 Å². The number of carbonyl (C=O) groups excluding carboxylic acids is 1. The van der Waals surface area contributed by atoms with E-state index >= 15 is 0 Å². The molecule has 0 aliphatic carbocycles. The van der Waals surface area contributed by atoms with Crippen molar-refractivity contribution in [3.05, 3.63) is 29.8 Å². The third-order valence-electron chi connectivity index (χ3n) is 2.53. The minimum Gasteiger partial charge on any atom is -0.395 e. The molecule has 0 unspecified atom stereocenters. The van der Waals surface area contributed by atoms with Crippen LogP contribution in [0.3, 0.4) is 0 Å². The minimum atomic E-state index is -0.149. The van der Waals surface area contributed by atoms with Crippen molar-refractivity contribution < 1.29 is 9.90 Å². The molecule has 1 rings (SSSR count). The average Bonchev–Trinajstić information content (AvgIpc) is 2.36. The Balaban J connectivity index is 2.64. The van der Waals surface area contributed by atoms with Crippen LogP contribution in [0.1, 0.15) is 23.7 Å². The summed E-state index contributed by atoms with van der Waals surface area (Å²) in [5.74, 6) is -0.149. The molecule has 0 spiro atoms. The van der Waals surface area contributed by atoms with Gasteiger partial charge in [-0.1, -0.05) is 6.92 Å². The van der Waals surface area contributed by atoms with Gasteiger partial charge in [-0.05, 0) is 30.7 Å². The Kier molecular flexibility index (Phi) is 5.49. The lowest BCUT2D eigenvalue weighted by atomic mass is 10.2.